The lowest BCUT2D eigenvalue weighted by atomic mass is 10.0. The normalized spacial score (nSPS) is 17.7. The van der Waals surface area contributed by atoms with Crippen LogP contribution < -0.4 is 9.47 Å². The van der Waals surface area contributed by atoms with E-state index in [4.69, 9.17) is 28.4 Å². The molecule has 1 aliphatic heterocycles. The summed E-state index contributed by atoms with van der Waals surface area (Å²) in [6, 6.07) is 12.4. The minimum absolute atomic E-state index is 0.463. The summed E-state index contributed by atoms with van der Waals surface area (Å²) in [6.07, 6.45) is 0. The molecule has 0 aromatic heterocycles. The minimum atomic E-state index is 0.463. The lowest BCUT2D eigenvalue weighted by molar-refractivity contribution is -0.00705. The van der Waals surface area contributed by atoms with Gasteiger partial charge in [0.1, 0.15) is 24.7 Å². The monoisotopic (exact) mass is 640 g/mol. The highest BCUT2D eigenvalue weighted by Gasteiger charge is 2.13. The Balaban J connectivity index is 1.76. The topological polar surface area (TPSA) is 55.4 Å². The van der Waals surface area contributed by atoms with Crippen molar-refractivity contribution in [2.75, 3.05) is 66.1 Å². The van der Waals surface area contributed by atoms with E-state index < -0.39 is 0 Å². The SMILES string of the molecule is Ic1ccc2c(c1)OCCOCCOCCOCCOCCOc1cc(I)ccc1-2. The molecule has 6 nitrogen and oxygen atoms in total. The fourth-order valence-corrected chi connectivity index (χ4v) is 3.78. The molecule has 1 heterocycles. The molecule has 0 fully saturated rings. The lowest BCUT2D eigenvalue weighted by Gasteiger charge is -2.17. The van der Waals surface area contributed by atoms with E-state index >= 15 is 0 Å². The zero-order valence-corrected chi connectivity index (χ0v) is 21.1. The van der Waals surface area contributed by atoms with Crippen molar-refractivity contribution in [2.45, 2.75) is 0 Å². The van der Waals surface area contributed by atoms with Crippen molar-refractivity contribution < 1.29 is 28.4 Å². The largest absolute Gasteiger partial charge is 0.490 e. The average Bonchev–Trinajstić information content (AvgIpc) is 2.73. The smallest absolute Gasteiger partial charge is 0.128 e. The first kappa shape index (κ1) is 24.0. The maximum Gasteiger partial charge on any atom is 0.128 e. The molecule has 2 aromatic carbocycles. The molecule has 164 valence electrons. The molecular weight excluding hydrogens is 614 g/mol. The van der Waals surface area contributed by atoms with Crippen LogP contribution in [-0.4, -0.2) is 66.1 Å². The Morgan fingerprint density at radius 2 is 0.800 bits per heavy atom. The highest BCUT2D eigenvalue weighted by Crippen LogP contribution is 2.38. The van der Waals surface area contributed by atoms with Crippen LogP contribution in [0.4, 0.5) is 0 Å². The molecule has 1 aliphatic rings. The highest BCUT2D eigenvalue weighted by molar-refractivity contribution is 14.1. The van der Waals surface area contributed by atoms with Crippen LogP contribution in [0.5, 0.6) is 11.5 Å². The van der Waals surface area contributed by atoms with Gasteiger partial charge in [0.05, 0.1) is 52.9 Å². The summed E-state index contributed by atoms with van der Waals surface area (Å²) in [6.45, 7) is 5.15. The van der Waals surface area contributed by atoms with E-state index in [0.717, 1.165) is 29.8 Å². The summed E-state index contributed by atoms with van der Waals surface area (Å²) < 4.78 is 36.5. The number of hydrogen-bond acceptors (Lipinski definition) is 6. The Kier molecular flexibility index (Phi) is 10.9. The van der Waals surface area contributed by atoms with Gasteiger partial charge in [-0.05, 0) is 81.6 Å². The highest BCUT2D eigenvalue weighted by atomic mass is 127. The van der Waals surface area contributed by atoms with E-state index in [1.165, 1.54) is 0 Å². The molecule has 0 aliphatic carbocycles. The molecule has 0 atom stereocenters. The Bertz CT molecular complexity index is 721. The number of fused-ring (bicyclic) bond motifs is 3. The predicted molar refractivity (Wildman–Crippen MR) is 132 cm³/mol. The lowest BCUT2D eigenvalue weighted by Crippen LogP contribution is -2.15. The quantitative estimate of drug-likeness (QED) is 0.399. The third-order valence-corrected chi connectivity index (χ3v) is 5.61. The summed E-state index contributed by atoms with van der Waals surface area (Å²) in [5.41, 5.74) is 1.99. The summed E-state index contributed by atoms with van der Waals surface area (Å²) in [5, 5.41) is 0. The molecule has 0 unspecified atom stereocenters. The first-order valence-electron chi connectivity index (χ1n) is 9.90. The van der Waals surface area contributed by atoms with Gasteiger partial charge >= 0.3 is 0 Å². The fraction of sp³-hybridized carbons (Fsp3) is 0.455. The molecule has 30 heavy (non-hydrogen) atoms. The van der Waals surface area contributed by atoms with Gasteiger partial charge in [0, 0.05) is 18.3 Å². The number of hydrogen-bond donors (Lipinski definition) is 0. The molecule has 2 aromatic rings. The van der Waals surface area contributed by atoms with Crippen molar-refractivity contribution in [3.05, 3.63) is 43.5 Å². The third-order valence-electron chi connectivity index (χ3n) is 4.26. The Hall–Kier alpha value is -0.660. The van der Waals surface area contributed by atoms with Gasteiger partial charge in [-0.2, -0.15) is 0 Å². The van der Waals surface area contributed by atoms with Gasteiger partial charge in [-0.25, -0.2) is 0 Å². The number of ether oxygens (including phenoxy) is 6. The molecule has 8 heteroatoms. The van der Waals surface area contributed by atoms with E-state index in [0.29, 0.717) is 66.1 Å². The Labute approximate surface area is 204 Å². The summed E-state index contributed by atoms with van der Waals surface area (Å²) in [4.78, 5) is 0. The van der Waals surface area contributed by atoms with Gasteiger partial charge in [0.15, 0.2) is 0 Å². The van der Waals surface area contributed by atoms with Crippen LogP contribution in [0, 0.1) is 7.14 Å². The number of benzene rings is 2. The maximum atomic E-state index is 6.06. The van der Waals surface area contributed by atoms with Crippen molar-refractivity contribution >= 4 is 45.2 Å². The van der Waals surface area contributed by atoms with Crippen LogP contribution >= 0.6 is 45.2 Å². The minimum Gasteiger partial charge on any atom is -0.490 e. The number of halogens is 2. The average molecular weight is 640 g/mol. The van der Waals surface area contributed by atoms with Gasteiger partial charge in [0.25, 0.3) is 0 Å². The van der Waals surface area contributed by atoms with Crippen LogP contribution in [0.3, 0.4) is 0 Å². The Morgan fingerprint density at radius 3 is 1.17 bits per heavy atom. The van der Waals surface area contributed by atoms with Crippen LogP contribution in [0.2, 0.25) is 0 Å². The van der Waals surface area contributed by atoms with Gasteiger partial charge in [-0.15, -0.1) is 0 Å². The molecular formula is C22H26I2O6. The van der Waals surface area contributed by atoms with E-state index in [1.807, 2.05) is 12.1 Å². The molecule has 0 radical (unpaired) electrons. The van der Waals surface area contributed by atoms with Crippen molar-refractivity contribution in [1.29, 1.82) is 0 Å². The summed E-state index contributed by atoms with van der Waals surface area (Å²) in [7, 11) is 0. The van der Waals surface area contributed by atoms with Crippen LogP contribution in [0.15, 0.2) is 36.4 Å². The predicted octanol–water partition coefficient (Wildman–Crippen LogP) is 4.40. The maximum absolute atomic E-state index is 6.06. The van der Waals surface area contributed by atoms with E-state index in [9.17, 15) is 0 Å². The second-order valence-electron chi connectivity index (χ2n) is 6.43. The van der Waals surface area contributed by atoms with E-state index in [-0.39, 0.29) is 0 Å². The fourth-order valence-electron chi connectivity index (χ4n) is 2.86. The van der Waals surface area contributed by atoms with Crippen molar-refractivity contribution in [1.82, 2.24) is 0 Å². The molecule has 0 saturated heterocycles. The van der Waals surface area contributed by atoms with Crippen molar-refractivity contribution in [3.8, 4) is 22.6 Å². The van der Waals surface area contributed by atoms with E-state index in [1.54, 1.807) is 0 Å². The van der Waals surface area contributed by atoms with Gasteiger partial charge in [0.2, 0.25) is 0 Å². The zero-order chi connectivity index (χ0) is 21.0. The second-order valence-corrected chi connectivity index (χ2v) is 8.92. The van der Waals surface area contributed by atoms with Gasteiger partial charge in [-0.1, -0.05) is 0 Å². The molecule has 0 saturated carbocycles. The third kappa shape index (κ3) is 8.12. The van der Waals surface area contributed by atoms with Crippen molar-refractivity contribution in [2.24, 2.45) is 0 Å². The number of rotatable bonds is 0. The zero-order valence-electron chi connectivity index (χ0n) is 16.7. The second kappa shape index (κ2) is 13.7. The standard InChI is InChI=1S/C22H26I2O6/c23-17-1-3-19-20-4-2-18(24)16-22(20)30-14-12-28-10-8-26-6-5-25-7-9-27-11-13-29-21(19)15-17/h1-4,15-16H,5-14H2. The molecule has 0 N–H and O–H groups in total. The van der Waals surface area contributed by atoms with Gasteiger partial charge < -0.3 is 28.4 Å². The molecule has 0 spiro atoms. The van der Waals surface area contributed by atoms with E-state index in [2.05, 4.69) is 69.4 Å². The van der Waals surface area contributed by atoms with Crippen LogP contribution in [0.25, 0.3) is 11.1 Å². The molecule has 0 bridgehead atoms. The summed E-state index contributed by atoms with van der Waals surface area (Å²) >= 11 is 4.59. The summed E-state index contributed by atoms with van der Waals surface area (Å²) in [5.74, 6) is 1.63. The first-order chi connectivity index (χ1) is 14.7. The van der Waals surface area contributed by atoms with Crippen LogP contribution in [0.1, 0.15) is 0 Å². The molecule has 3 rings (SSSR count). The van der Waals surface area contributed by atoms with Crippen LogP contribution in [-0.2, 0) is 18.9 Å². The van der Waals surface area contributed by atoms with Gasteiger partial charge in [-0.3, -0.25) is 0 Å². The molecule has 0 amide bonds. The Morgan fingerprint density at radius 1 is 0.467 bits per heavy atom. The van der Waals surface area contributed by atoms with Crippen molar-refractivity contribution in [3.63, 3.8) is 0 Å². The first-order valence-corrected chi connectivity index (χ1v) is 12.1.